The van der Waals surface area contributed by atoms with Gasteiger partial charge in [-0.3, -0.25) is 0 Å². The maximum absolute atomic E-state index is 12.4. The Kier molecular flexibility index (Phi) is 6.07. The largest absolute Gasteiger partial charge is 0.416 e. The van der Waals surface area contributed by atoms with Gasteiger partial charge < -0.3 is 10.7 Å². The van der Waals surface area contributed by atoms with Crippen LogP contribution in [0, 0.1) is 0 Å². The van der Waals surface area contributed by atoms with Gasteiger partial charge in [0.15, 0.2) is 0 Å². The van der Waals surface area contributed by atoms with Gasteiger partial charge in [0.2, 0.25) is 0 Å². The van der Waals surface area contributed by atoms with Crippen LogP contribution >= 0.6 is 12.2 Å². The topological polar surface area (TPSA) is 55.3 Å². The Morgan fingerprint density at radius 3 is 2.17 bits per heavy atom. The first-order valence-electron chi connectivity index (χ1n) is 5.23. The first-order chi connectivity index (χ1) is 8.23. The van der Waals surface area contributed by atoms with Crippen LogP contribution in [0.3, 0.4) is 0 Å². The maximum atomic E-state index is 12.4. The summed E-state index contributed by atoms with van der Waals surface area (Å²) in [6, 6.07) is 2.95. The van der Waals surface area contributed by atoms with Gasteiger partial charge in [0.1, 0.15) is 4.99 Å². The number of rotatable bonds is 1. The summed E-state index contributed by atoms with van der Waals surface area (Å²) in [5.74, 6) is 5.35. The molecule has 0 fully saturated rings. The smallest absolute Gasteiger partial charge is 0.398 e. The van der Waals surface area contributed by atoms with Crippen LogP contribution < -0.4 is 11.6 Å². The highest BCUT2D eigenvalue weighted by molar-refractivity contribution is 7.80. The zero-order chi connectivity index (χ0) is 14.5. The molecule has 0 aliphatic heterocycles. The molecule has 3 nitrogen and oxygen atoms in total. The number of hydrazine groups is 1. The van der Waals surface area contributed by atoms with Crippen LogP contribution in [-0.4, -0.2) is 17.0 Å². The predicted octanol–water partition coefficient (Wildman–Crippen LogP) is 2.79. The normalized spacial score (nSPS) is 10.4. The van der Waals surface area contributed by atoms with Gasteiger partial charge in [-0.05, 0) is 18.2 Å². The molecule has 1 rings (SSSR count). The van der Waals surface area contributed by atoms with Crippen LogP contribution in [0.25, 0.3) is 0 Å². The zero-order valence-electron chi connectivity index (χ0n) is 10.4. The summed E-state index contributed by atoms with van der Waals surface area (Å²) in [4.78, 5) is 0.0589. The molecule has 0 spiro atoms. The molecule has 1 aromatic carbocycles. The molecular formula is C11H16F3N3S. The fourth-order valence-corrected chi connectivity index (χ4v) is 1.28. The molecule has 0 radical (unpaired) electrons. The number of anilines is 1. The molecule has 0 amide bonds. The Morgan fingerprint density at radius 1 is 1.28 bits per heavy atom. The first-order valence-corrected chi connectivity index (χ1v) is 5.64. The maximum Gasteiger partial charge on any atom is 0.416 e. The van der Waals surface area contributed by atoms with Gasteiger partial charge in [-0.2, -0.15) is 13.2 Å². The van der Waals surface area contributed by atoms with Crippen molar-refractivity contribution >= 4 is 22.9 Å². The molecule has 0 heterocycles. The van der Waals surface area contributed by atoms with E-state index in [1.165, 1.54) is 7.05 Å². The van der Waals surface area contributed by atoms with Gasteiger partial charge >= 0.3 is 6.18 Å². The molecule has 4 N–H and O–H groups in total. The second kappa shape index (κ2) is 6.55. The predicted molar refractivity (Wildman–Crippen MR) is 70.9 cm³/mol. The monoisotopic (exact) mass is 279 g/mol. The number of thiocarbonyl (C=S) groups is 1. The second-order valence-electron chi connectivity index (χ2n) is 3.22. The van der Waals surface area contributed by atoms with Gasteiger partial charge in [-0.1, -0.05) is 26.1 Å². The number of nitrogens with two attached hydrogens (primary N) is 2. The summed E-state index contributed by atoms with van der Waals surface area (Å²) in [7, 11) is 1.43. The molecule has 0 unspecified atom stereocenters. The van der Waals surface area contributed by atoms with E-state index < -0.39 is 11.7 Å². The fraction of sp³-hybridized carbons (Fsp3) is 0.364. The third-order valence-electron chi connectivity index (χ3n) is 1.93. The minimum Gasteiger partial charge on any atom is -0.398 e. The highest BCUT2D eigenvalue weighted by Crippen LogP contribution is 2.31. The molecule has 0 atom stereocenters. The van der Waals surface area contributed by atoms with E-state index in [0.29, 0.717) is 0 Å². The van der Waals surface area contributed by atoms with Crippen molar-refractivity contribution in [2.45, 2.75) is 20.0 Å². The highest BCUT2D eigenvalue weighted by Gasteiger charge is 2.31. The third kappa shape index (κ3) is 4.15. The third-order valence-corrected chi connectivity index (χ3v) is 2.44. The van der Waals surface area contributed by atoms with Crippen LogP contribution in [-0.2, 0) is 6.18 Å². The summed E-state index contributed by atoms with van der Waals surface area (Å²) >= 11 is 4.87. The van der Waals surface area contributed by atoms with Crippen molar-refractivity contribution in [2.75, 3.05) is 12.8 Å². The Labute approximate surface area is 110 Å². The van der Waals surface area contributed by atoms with E-state index >= 15 is 0 Å². The van der Waals surface area contributed by atoms with E-state index in [1.54, 1.807) is 0 Å². The molecule has 0 aliphatic rings. The summed E-state index contributed by atoms with van der Waals surface area (Å²) in [6.07, 6.45) is -4.43. The van der Waals surface area contributed by atoms with Crippen LogP contribution in [0.1, 0.15) is 25.0 Å². The average Bonchev–Trinajstić information content (AvgIpc) is 2.29. The van der Waals surface area contributed by atoms with Crippen molar-refractivity contribution in [2.24, 2.45) is 5.84 Å². The Hall–Kier alpha value is -1.34. The molecule has 0 aliphatic carbocycles. The lowest BCUT2D eigenvalue weighted by molar-refractivity contribution is -0.137. The molecule has 18 heavy (non-hydrogen) atoms. The Balaban J connectivity index is 0.00000137. The number of hydrogen-bond acceptors (Lipinski definition) is 3. The lowest BCUT2D eigenvalue weighted by atomic mass is 10.1. The number of benzene rings is 1. The van der Waals surface area contributed by atoms with Crippen molar-refractivity contribution in [3.8, 4) is 0 Å². The highest BCUT2D eigenvalue weighted by atomic mass is 32.1. The lowest BCUT2D eigenvalue weighted by Crippen LogP contribution is -2.33. The van der Waals surface area contributed by atoms with Gasteiger partial charge in [0.25, 0.3) is 0 Å². The number of halogens is 3. The SMILES string of the molecule is CC.CN(N)C(=S)c1cc(C(F)(F)F)ccc1N. The van der Waals surface area contributed by atoms with E-state index in [-0.39, 0.29) is 16.2 Å². The Bertz CT molecular complexity index is 416. The van der Waals surface area contributed by atoms with E-state index in [0.717, 1.165) is 23.2 Å². The Morgan fingerprint density at radius 2 is 1.78 bits per heavy atom. The van der Waals surface area contributed by atoms with Crippen LogP contribution in [0.15, 0.2) is 18.2 Å². The average molecular weight is 279 g/mol. The van der Waals surface area contributed by atoms with Crippen molar-refractivity contribution < 1.29 is 13.2 Å². The van der Waals surface area contributed by atoms with Gasteiger partial charge in [0, 0.05) is 18.3 Å². The molecule has 0 saturated carbocycles. The van der Waals surface area contributed by atoms with Crippen LogP contribution in [0.2, 0.25) is 0 Å². The van der Waals surface area contributed by atoms with Gasteiger partial charge in [-0.15, -0.1) is 0 Å². The minimum absolute atomic E-state index is 0.0589. The number of hydrogen-bond donors (Lipinski definition) is 2. The number of alkyl halides is 3. The molecule has 0 aromatic heterocycles. The van der Waals surface area contributed by atoms with E-state index in [4.69, 9.17) is 23.8 Å². The first kappa shape index (κ1) is 16.7. The molecular weight excluding hydrogens is 263 g/mol. The molecule has 102 valence electrons. The summed E-state index contributed by atoms with van der Waals surface area (Å²) < 4.78 is 37.3. The van der Waals surface area contributed by atoms with Crippen molar-refractivity contribution in [3.05, 3.63) is 29.3 Å². The molecule has 1 aromatic rings. The van der Waals surface area contributed by atoms with Crippen molar-refractivity contribution in [1.29, 1.82) is 0 Å². The second-order valence-corrected chi connectivity index (χ2v) is 3.60. The van der Waals surface area contributed by atoms with Crippen LogP contribution in [0.5, 0.6) is 0 Å². The van der Waals surface area contributed by atoms with Crippen molar-refractivity contribution in [1.82, 2.24) is 5.01 Å². The number of nitrogen functional groups attached to an aromatic ring is 1. The van der Waals surface area contributed by atoms with Gasteiger partial charge in [0.05, 0.1) is 5.56 Å². The number of nitrogens with zero attached hydrogens (tertiary/aromatic N) is 1. The molecule has 7 heteroatoms. The van der Waals surface area contributed by atoms with Crippen molar-refractivity contribution in [3.63, 3.8) is 0 Å². The summed E-state index contributed by atoms with van der Waals surface area (Å²) in [5, 5.41) is 1.04. The quantitative estimate of drug-likeness (QED) is 0.359. The fourth-order valence-electron chi connectivity index (χ4n) is 1.11. The summed E-state index contributed by atoms with van der Waals surface area (Å²) in [5.41, 5.74) is 5.00. The summed E-state index contributed by atoms with van der Waals surface area (Å²) in [6.45, 7) is 4.00. The zero-order valence-corrected chi connectivity index (χ0v) is 11.2. The molecule has 0 saturated heterocycles. The van der Waals surface area contributed by atoms with E-state index in [1.807, 2.05) is 13.8 Å². The van der Waals surface area contributed by atoms with Gasteiger partial charge in [-0.25, -0.2) is 5.84 Å². The molecule has 0 bridgehead atoms. The standard InChI is InChI=1S/C9H10F3N3S.C2H6/c1-15(14)8(16)6-4-5(9(10,11)12)2-3-7(6)13;1-2/h2-4H,13-14H2,1H3;1-2H3. The minimum atomic E-state index is -4.43. The van der Waals surface area contributed by atoms with E-state index in [9.17, 15) is 13.2 Å². The van der Waals surface area contributed by atoms with Crippen LogP contribution in [0.4, 0.5) is 18.9 Å². The van der Waals surface area contributed by atoms with E-state index in [2.05, 4.69) is 0 Å². The lowest BCUT2D eigenvalue weighted by Gasteiger charge is -2.16.